The van der Waals surface area contributed by atoms with Crippen molar-refractivity contribution in [2.24, 2.45) is 16.2 Å². The van der Waals surface area contributed by atoms with Crippen LogP contribution in [0.2, 0.25) is 0 Å². The number of hydrogen-bond acceptors (Lipinski definition) is 2. The smallest absolute Gasteiger partial charge is 0.140 e. The van der Waals surface area contributed by atoms with Gasteiger partial charge in [0.25, 0.3) is 0 Å². The number of rotatable bonds is 1. The molecule has 13 heavy (non-hydrogen) atoms. The second-order valence-electron chi connectivity index (χ2n) is 5.33. The topological polar surface area (TPSA) is 34.1 Å². The maximum absolute atomic E-state index is 11.8. The van der Waals surface area contributed by atoms with Gasteiger partial charge in [0.05, 0.1) is 0 Å². The van der Waals surface area contributed by atoms with Crippen molar-refractivity contribution >= 4 is 12.1 Å². The van der Waals surface area contributed by atoms with Crippen molar-refractivity contribution in [3.8, 4) is 0 Å². The van der Waals surface area contributed by atoms with E-state index < -0.39 is 0 Å². The molecule has 2 heteroatoms. The van der Waals surface area contributed by atoms with Crippen molar-refractivity contribution in [2.75, 3.05) is 0 Å². The van der Waals surface area contributed by atoms with E-state index in [2.05, 4.69) is 13.8 Å². The van der Waals surface area contributed by atoms with E-state index in [1.807, 2.05) is 6.92 Å². The molecule has 2 aliphatic carbocycles. The third-order valence-corrected chi connectivity index (χ3v) is 5.01. The Bertz CT molecular complexity index is 292. The Morgan fingerprint density at radius 2 is 1.85 bits per heavy atom. The number of carbonyl (C=O) groups is 2. The van der Waals surface area contributed by atoms with Crippen LogP contribution in [-0.4, -0.2) is 12.1 Å². The van der Waals surface area contributed by atoms with E-state index in [0.29, 0.717) is 6.42 Å². The summed E-state index contributed by atoms with van der Waals surface area (Å²) in [5.74, 6) is 0.288. The van der Waals surface area contributed by atoms with Gasteiger partial charge in [0.2, 0.25) is 0 Å². The van der Waals surface area contributed by atoms with Gasteiger partial charge >= 0.3 is 0 Å². The van der Waals surface area contributed by atoms with Gasteiger partial charge in [-0.15, -0.1) is 0 Å². The fraction of sp³-hybridized carbons (Fsp3) is 0.818. The SMILES string of the molecule is CC1(C)[C@@]2(C=O)CC[C@]1(C)C(=O)C2. The van der Waals surface area contributed by atoms with Crippen LogP contribution in [0.25, 0.3) is 0 Å². The molecule has 0 aliphatic heterocycles. The molecule has 0 aromatic heterocycles. The molecule has 0 unspecified atom stereocenters. The van der Waals surface area contributed by atoms with Crippen molar-refractivity contribution in [3.05, 3.63) is 0 Å². The van der Waals surface area contributed by atoms with Gasteiger partial charge in [-0.2, -0.15) is 0 Å². The fourth-order valence-corrected chi connectivity index (χ4v) is 3.17. The van der Waals surface area contributed by atoms with Gasteiger partial charge in [-0.1, -0.05) is 20.8 Å². The molecule has 0 spiro atoms. The first-order valence-corrected chi connectivity index (χ1v) is 4.89. The highest BCUT2D eigenvalue weighted by atomic mass is 16.1. The molecule has 2 bridgehead atoms. The van der Waals surface area contributed by atoms with Crippen molar-refractivity contribution in [1.82, 2.24) is 0 Å². The predicted octanol–water partition coefficient (Wildman–Crippen LogP) is 1.97. The number of Topliss-reactive ketones (excluding diaryl/α,β-unsaturated/α-hetero) is 1. The molecule has 0 heterocycles. The maximum Gasteiger partial charge on any atom is 0.140 e. The molecule has 0 N–H and O–H groups in total. The van der Waals surface area contributed by atoms with E-state index in [4.69, 9.17) is 0 Å². The second kappa shape index (κ2) is 2.05. The zero-order valence-corrected chi connectivity index (χ0v) is 8.52. The largest absolute Gasteiger partial charge is 0.303 e. The minimum Gasteiger partial charge on any atom is -0.303 e. The second-order valence-corrected chi connectivity index (χ2v) is 5.33. The van der Waals surface area contributed by atoms with E-state index in [9.17, 15) is 9.59 Å². The highest BCUT2D eigenvalue weighted by Gasteiger charge is 2.69. The van der Waals surface area contributed by atoms with Crippen LogP contribution in [0.3, 0.4) is 0 Å². The zero-order valence-electron chi connectivity index (χ0n) is 8.52. The van der Waals surface area contributed by atoms with Crippen LogP contribution >= 0.6 is 0 Å². The zero-order chi connectivity index (χ0) is 9.91. The number of fused-ring (bicyclic) bond motifs is 2. The van der Waals surface area contributed by atoms with Crippen LogP contribution in [0.5, 0.6) is 0 Å². The van der Waals surface area contributed by atoms with E-state index >= 15 is 0 Å². The first-order chi connectivity index (χ1) is 5.90. The molecule has 2 saturated carbocycles. The lowest BCUT2D eigenvalue weighted by molar-refractivity contribution is -0.128. The number of carbonyl (C=O) groups excluding carboxylic acids is 2. The first kappa shape index (κ1) is 8.92. The molecular formula is C11H16O2. The van der Waals surface area contributed by atoms with Gasteiger partial charge < -0.3 is 4.79 Å². The molecule has 2 fully saturated rings. The average molecular weight is 180 g/mol. The predicted molar refractivity (Wildman–Crippen MR) is 49.2 cm³/mol. The summed E-state index contributed by atoms with van der Waals surface area (Å²) in [6, 6.07) is 0. The van der Waals surface area contributed by atoms with Gasteiger partial charge in [-0.25, -0.2) is 0 Å². The molecule has 2 aliphatic rings. The third kappa shape index (κ3) is 0.673. The molecule has 0 amide bonds. The quantitative estimate of drug-likeness (QED) is 0.578. The Kier molecular flexibility index (Phi) is 1.40. The van der Waals surface area contributed by atoms with Crippen LogP contribution in [0, 0.1) is 16.2 Å². The van der Waals surface area contributed by atoms with E-state index in [-0.39, 0.29) is 22.0 Å². The molecule has 2 nitrogen and oxygen atoms in total. The number of hydrogen-bond donors (Lipinski definition) is 0. The summed E-state index contributed by atoms with van der Waals surface area (Å²) >= 11 is 0. The summed E-state index contributed by atoms with van der Waals surface area (Å²) in [5, 5.41) is 0. The Morgan fingerprint density at radius 3 is 2.08 bits per heavy atom. The highest BCUT2D eigenvalue weighted by molar-refractivity contribution is 5.94. The van der Waals surface area contributed by atoms with Gasteiger partial charge in [0.15, 0.2) is 0 Å². The highest BCUT2D eigenvalue weighted by Crippen LogP contribution is 2.69. The van der Waals surface area contributed by atoms with Crippen molar-refractivity contribution in [1.29, 1.82) is 0 Å². The average Bonchev–Trinajstić information content (AvgIpc) is 2.34. The monoisotopic (exact) mass is 180 g/mol. The van der Waals surface area contributed by atoms with Crippen molar-refractivity contribution in [3.63, 3.8) is 0 Å². The molecular weight excluding hydrogens is 164 g/mol. The molecule has 72 valence electrons. The normalized spacial score (nSPS) is 46.8. The molecule has 2 rings (SSSR count). The van der Waals surface area contributed by atoms with Crippen LogP contribution in [-0.2, 0) is 9.59 Å². The maximum atomic E-state index is 11.8. The van der Waals surface area contributed by atoms with Crippen molar-refractivity contribution < 1.29 is 9.59 Å². The Hall–Kier alpha value is -0.660. The minimum absolute atomic E-state index is 0.140. The Morgan fingerprint density at radius 1 is 1.23 bits per heavy atom. The lowest BCUT2D eigenvalue weighted by Gasteiger charge is -2.36. The van der Waals surface area contributed by atoms with Crippen LogP contribution in [0.1, 0.15) is 40.0 Å². The van der Waals surface area contributed by atoms with Crippen LogP contribution in [0.4, 0.5) is 0 Å². The van der Waals surface area contributed by atoms with Gasteiger partial charge in [0, 0.05) is 17.3 Å². The summed E-state index contributed by atoms with van der Waals surface area (Å²) in [6.45, 7) is 6.16. The van der Waals surface area contributed by atoms with Crippen LogP contribution < -0.4 is 0 Å². The van der Waals surface area contributed by atoms with Crippen LogP contribution in [0.15, 0.2) is 0 Å². The van der Waals surface area contributed by atoms with E-state index in [1.54, 1.807) is 0 Å². The first-order valence-electron chi connectivity index (χ1n) is 4.89. The van der Waals surface area contributed by atoms with Gasteiger partial charge in [-0.05, 0) is 18.3 Å². The molecule has 2 atom stereocenters. The summed E-state index contributed by atoms with van der Waals surface area (Å²) in [6.07, 6.45) is 3.28. The Balaban J connectivity index is 2.59. The lowest BCUT2D eigenvalue weighted by atomic mass is 9.66. The lowest BCUT2D eigenvalue weighted by Crippen LogP contribution is -2.36. The summed E-state index contributed by atoms with van der Waals surface area (Å²) in [7, 11) is 0. The van der Waals surface area contributed by atoms with E-state index in [0.717, 1.165) is 19.1 Å². The van der Waals surface area contributed by atoms with Crippen molar-refractivity contribution in [2.45, 2.75) is 40.0 Å². The van der Waals surface area contributed by atoms with Gasteiger partial charge in [-0.3, -0.25) is 4.79 Å². The van der Waals surface area contributed by atoms with Gasteiger partial charge in [0.1, 0.15) is 12.1 Å². The molecule has 0 radical (unpaired) electrons. The number of ketones is 1. The molecule has 0 saturated heterocycles. The third-order valence-electron chi connectivity index (χ3n) is 5.01. The Labute approximate surface area is 78.7 Å². The number of aldehydes is 1. The fourth-order valence-electron chi connectivity index (χ4n) is 3.17. The van der Waals surface area contributed by atoms with E-state index in [1.165, 1.54) is 0 Å². The standard InChI is InChI=1S/C11H16O2/c1-9(2)10(3)4-5-11(9,7-12)6-8(10)13/h7H,4-6H2,1-3H3/t10-,11+/m1/s1. The summed E-state index contributed by atoms with van der Waals surface area (Å²) < 4.78 is 0. The summed E-state index contributed by atoms with van der Waals surface area (Å²) in [5.41, 5.74) is -0.731. The molecule has 0 aromatic rings. The summed E-state index contributed by atoms with van der Waals surface area (Å²) in [4.78, 5) is 22.9. The minimum atomic E-state index is -0.348. The molecule has 0 aromatic carbocycles.